The summed E-state index contributed by atoms with van der Waals surface area (Å²) in [5.74, 6) is -0.482. The Bertz CT molecular complexity index is 848. The Kier molecular flexibility index (Phi) is 6.53. The number of nitro groups is 1. The molecule has 1 saturated heterocycles. The summed E-state index contributed by atoms with van der Waals surface area (Å²) in [6, 6.07) is 13.7. The molecule has 1 N–H and O–H groups in total. The minimum Gasteiger partial charge on any atom is -0.477 e. The summed E-state index contributed by atoms with van der Waals surface area (Å²) >= 11 is 0. The van der Waals surface area contributed by atoms with Gasteiger partial charge < -0.3 is 14.4 Å². The van der Waals surface area contributed by atoms with E-state index in [2.05, 4.69) is 15.4 Å². The van der Waals surface area contributed by atoms with Crippen molar-refractivity contribution in [2.24, 2.45) is 5.10 Å². The molecule has 0 atom stereocenters. The Morgan fingerprint density at radius 2 is 1.93 bits per heavy atom. The molecule has 1 aliphatic rings. The van der Waals surface area contributed by atoms with E-state index in [0.717, 1.165) is 37.6 Å². The largest absolute Gasteiger partial charge is 0.477 e. The summed E-state index contributed by atoms with van der Waals surface area (Å²) in [4.78, 5) is 24.4. The fraction of sp³-hybridized carbons (Fsp3) is 0.263. The molecule has 146 valence electrons. The molecule has 28 heavy (non-hydrogen) atoms. The van der Waals surface area contributed by atoms with Crippen LogP contribution in [0.4, 0.5) is 11.4 Å². The average molecular weight is 384 g/mol. The highest BCUT2D eigenvalue weighted by Gasteiger charge is 2.14. The smallest absolute Gasteiger partial charge is 0.310 e. The molecular formula is C19H20N4O5. The highest BCUT2D eigenvalue weighted by atomic mass is 16.6. The van der Waals surface area contributed by atoms with E-state index >= 15 is 0 Å². The Labute approximate surface area is 161 Å². The number of carbonyl (C=O) groups is 1. The van der Waals surface area contributed by atoms with Crippen LogP contribution in [0.1, 0.15) is 5.56 Å². The number of amides is 1. The fourth-order valence-electron chi connectivity index (χ4n) is 2.68. The van der Waals surface area contributed by atoms with E-state index in [1.54, 1.807) is 6.07 Å². The lowest BCUT2D eigenvalue weighted by Crippen LogP contribution is -2.36. The lowest BCUT2D eigenvalue weighted by molar-refractivity contribution is -0.385. The zero-order valence-electron chi connectivity index (χ0n) is 15.1. The van der Waals surface area contributed by atoms with Gasteiger partial charge >= 0.3 is 5.69 Å². The second-order valence-electron chi connectivity index (χ2n) is 6.00. The number of hydrogen-bond acceptors (Lipinski definition) is 7. The van der Waals surface area contributed by atoms with Gasteiger partial charge in [0.05, 0.1) is 24.4 Å². The van der Waals surface area contributed by atoms with E-state index < -0.39 is 10.8 Å². The maximum absolute atomic E-state index is 11.8. The van der Waals surface area contributed by atoms with Crippen LogP contribution < -0.4 is 15.1 Å². The van der Waals surface area contributed by atoms with Crippen LogP contribution in [0.3, 0.4) is 0 Å². The van der Waals surface area contributed by atoms with Gasteiger partial charge in [-0.25, -0.2) is 5.43 Å². The molecule has 9 nitrogen and oxygen atoms in total. The number of morpholine rings is 1. The van der Waals surface area contributed by atoms with E-state index in [1.807, 2.05) is 24.3 Å². The summed E-state index contributed by atoms with van der Waals surface area (Å²) in [5, 5.41) is 14.8. The zero-order valence-corrected chi connectivity index (χ0v) is 15.1. The van der Waals surface area contributed by atoms with E-state index in [4.69, 9.17) is 9.47 Å². The zero-order chi connectivity index (χ0) is 19.8. The number of nitrogens with zero attached hydrogens (tertiary/aromatic N) is 3. The Morgan fingerprint density at radius 1 is 1.21 bits per heavy atom. The van der Waals surface area contributed by atoms with Crippen molar-refractivity contribution in [3.05, 3.63) is 64.2 Å². The number of hydrazone groups is 1. The molecule has 1 amide bonds. The van der Waals surface area contributed by atoms with Gasteiger partial charge in [0, 0.05) is 24.8 Å². The number of ether oxygens (including phenoxy) is 2. The van der Waals surface area contributed by atoms with Gasteiger partial charge in [-0.15, -0.1) is 0 Å². The number of rotatable bonds is 7. The van der Waals surface area contributed by atoms with Gasteiger partial charge in [-0.2, -0.15) is 5.10 Å². The van der Waals surface area contributed by atoms with Crippen LogP contribution in [-0.4, -0.2) is 50.0 Å². The highest BCUT2D eigenvalue weighted by Crippen LogP contribution is 2.25. The summed E-state index contributed by atoms with van der Waals surface area (Å²) in [5.41, 5.74) is 4.09. The highest BCUT2D eigenvalue weighted by molar-refractivity contribution is 5.83. The van der Waals surface area contributed by atoms with E-state index in [9.17, 15) is 14.9 Å². The molecule has 0 unspecified atom stereocenters. The molecule has 3 rings (SSSR count). The SMILES string of the molecule is O=C(COc1ccccc1[N+](=O)[O-])N/N=C/c1ccc(N2CCOCC2)cc1. The minimum atomic E-state index is -0.564. The van der Waals surface area contributed by atoms with Crippen molar-refractivity contribution < 1.29 is 19.2 Å². The summed E-state index contributed by atoms with van der Waals surface area (Å²) in [6.07, 6.45) is 1.52. The van der Waals surface area contributed by atoms with E-state index in [0.29, 0.717) is 0 Å². The van der Waals surface area contributed by atoms with Gasteiger partial charge in [-0.1, -0.05) is 24.3 Å². The van der Waals surface area contributed by atoms with Crippen molar-refractivity contribution in [3.8, 4) is 5.75 Å². The molecule has 2 aromatic carbocycles. The first-order valence-corrected chi connectivity index (χ1v) is 8.74. The van der Waals surface area contributed by atoms with Crippen LogP contribution in [0.15, 0.2) is 53.6 Å². The van der Waals surface area contributed by atoms with Crippen LogP contribution in [0.25, 0.3) is 0 Å². The predicted octanol–water partition coefficient (Wildman–Crippen LogP) is 1.96. The third-order valence-corrected chi connectivity index (χ3v) is 4.09. The molecule has 0 saturated carbocycles. The van der Waals surface area contributed by atoms with Gasteiger partial charge in [0.25, 0.3) is 5.91 Å². The van der Waals surface area contributed by atoms with Gasteiger partial charge in [0.2, 0.25) is 0 Å². The second kappa shape index (κ2) is 9.47. The van der Waals surface area contributed by atoms with E-state index in [-0.39, 0.29) is 18.0 Å². The first-order chi connectivity index (χ1) is 13.6. The number of benzene rings is 2. The minimum absolute atomic E-state index is 0.0327. The summed E-state index contributed by atoms with van der Waals surface area (Å²) in [6.45, 7) is 2.80. The normalized spacial score (nSPS) is 14.1. The summed E-state index contributed by atoms with van der Waals surface area (Å²) < 4.78 is 10.5. The molecule has 0 spiro atoms. The van der Waals surface area contributed by atoms with Crippen LogP contribution in [0.5, 0.6) is 5.75 Å². The van der Waals surface area contributed by atoms with Crippen LogP contribution in [-0.2, 0) is 9.53 Å². The molecule has 0 bridgehead atoms. The van der Waals surface area contributed by atoms with Crippen molar-refractivity contribution in [1.29, 1.82) is 0 Å². The van der Waals surface area contributed by atoms with Crippen molar-refractivity contribution >= 4 is 23.5 Å². The third kappa shape index (κ3) is 5.27. The van der Waals surface area contributed by atoms with Crippen LogP contribution in [0, 0.1) is 10.1 Å². The van der Waals surface area contributed by atoms with E-state index in [1.165, 1.54) is 24.4 Å². The van der Waals surface area contributed by atoms with Crippen LogP contribution in [0.2, 0.25) is 0 Å². The molecule has 2 aromatic rings. The molecule has 1 heterocycles. The molecule has 1 fully saturated rings. The molecule has 9 heteroatoms. The Hall–Kier alpha value is -3.46. The van der Waals surface area contributed by atoms with Crippen molar-refractivity contribution in [2.75, 3.05) is 37.8 Å². The van der Waals surface area contributed by atoms with Crippen LogP contribution >= 0.6 is 0 Å². The molecule has 0 aromatic heterocycles. The third-order valence-electron chi connectivity index (χ3n) is 4.09. The molecule has 0 radical (unpaired) electrons. The number of carbonyl (C=O) groups excluding carboxylic acids is 1. The van der Waals surface area contributed by atoms with Gasteiger partial charge in [-0.05, 0) is 23.8 Å². The Balaban J connectivity index is 1.48. The number of nitro benzene ring substituents is 1. The van der Waals surface area contributed by atoms with Gasteiger partial charge in [0.15, 0.2) is 12.4 Å². The van der Waals surface area contributed by atoms with Crippen molar-refractivity contribution in [2.45, 2.75) is 0 Å². The monoisotopic (exact) mass is 384 g/mol. The first-order valence-electron chi connectivity index (χ1n) is 8.74. The summed E-state index contributed by atoms with van der Waals surface area (Å²) in [7, 11) is 0. The first kappa shape index (κ1) is 19.3. The standard InChI is InChI=1S/C19H20N4O5/c24-19(14-28-18-4-2-1-3-17(18)23(25)26)21-20-13-15-5-7-16(8-6-15)22-9-11-27-12-10-22/h1-8,13H,9-12,14H2,(H,21,24)/b20-13+. The lowest BCUT2D eigenvalue weighted by Gasteiger charge is -2.28. The molecular weight excluding hydrogens is 364 g/mol. The number of hydrogen-bond donors (Lipinski definition) is 1. The second-order valence-corrected chi connectivity index (χ2v) is 6.00. The molecule has 0 aliphatic carbocycles. The average Bonchev–Trinajstić information content (AvgIpc) is 2.73. The molecule has 1 aliphatic heterocycles. The number of anilines is 1. The van der Waals surface area contributed by atoms with Gasteiger partial charge in [-0.3, -0.25) is 14.9 Å². The quantitative estimate of drug-likeness (QED) is 0.444. The fourth-order valence-corrected chi connectivity index (χ4v) is 2.68. The van der Waals surface area contributed by atoms with Crippen molar-refractivity contribution in [3.63, 3.8) is 0 Å². The maximum atomic E-state index is 11.8. The number of para-hydroxylation sites is 2. The Morgan fingerprint density at radius 3 is 2.64 bits per heavy atom. The maximum Gasteiger partial charge on any atom is 0.310 e. The van der Waals surface area contributed by atoms with Gasteiger partial charge in [0.1, 0.15) is 0 Å². The topological polar surface area (TPSA) is 106 Å². The predicted molar refractivity (Wildman–Crippen MR) is 104 cm³/mol. The lowest BCUT2D eigenvalue weighted by atomic mass is 10.2. The number of nitrogens with one attached hydrogen (secondary N) is 1. The van der Waals surface area contributed by atoms with Crippen molar-refractivity contribution in [1.82, 2.24) is 5.43 Å².